The SMILES string of the molecule is CCCOP(=S)(Oc1cc(Cl)ccc1Cl)c1ccccc1. The number of hydrogen-bond acceptors (Lipinski definition) is 3. The zero-order chi connectivity index (χ0) is 15.3. The van der Waals surface area contributed by atoms with Gasteiger partial charge in [0.1, 0.15) is 5.75 Å². The molecule has 112 valence electrons. The van der Waals surface area contributed by atoms with Gasteiger partial charge in [0.25, 0.3) is 6.49 Å². The van der Waals surface area contributed by atoms with E-state index in [0.717, 1.165) is 11.7 Å². The molecule has 0 fully saturated rings. The molecule has 0 heterocycles. The van der Waals surface area contributed by atoms with Gasteiger partial charge in [-0.2, -0.15) is 0 Å². The molecule has 0 spiro atoms. The fraction of sp³-hybridized carbons (Fsp3) is 0.200. The summed E-state index contributed by atoms with van der Waals surface area (Å²) in [6, 6.07) is 14.6. The van der Waals surface area contributed by atoms with Crippen LogP contribution in [0.1, 0.15) is 13.3 Å². The van der Waals surface area contributed by atoms with Gasteiger partial charge < -0.3 is 9.05 Å². The standard InChI is InChI=1S/C15H15Cl2O2PS/c1-2-10-18-20(21,13-6-4-3-5-7-13)19-15-11-12(16)8-9-14(15)17/h3-9,11H,2,10H2,1H3. The summed E-state index contributed by atoms with van der Waals surface area (Å²) in [5, 5.41) is 1.86. The lowest BCUT2D eigenvalue weighted by atomic mass is 10.3. The van der Waals surface area contributed by atoms with Gasteiger partial charge in [-0.25, -0.2) is 0 Å². The molecule has 2 aromatic rings. The molecule has 0 aliphatic rings. The van der Waals surface area contributed by atoms with E-state index < -0.39 is 6.49 Å². The number of hydrogen-bond donors (Lipinski definition) is 0. The minimum absolute atomic E-state index is 0.451. The van der Waals surface area contributed by atoms with Crippen LogP contribution >= 0.6 is 29.7 Å². The Labute approximate surface area is 140 Å². The lowest BCUT2D eigenvalue weighted by Gasteiger charge is -2.23. The van der Waals surface area contributed by atoms with Gasteiger partial charge in [-0.3, -0.25) is 0 Å². The van der Waals surface area contributed by atoms with Crippen LogP contribution in [0.25, 0.3) is 0 Å². The molecule has 1 atom stereocenters. The first kappa shape index (κ1) is 16.8. The minimum atomic E-state index is -2.67. The van der Waals surface area contributed by atoms with Crippen LogP contribution in [0.4, 0.5) is 0 Å². The lowest BCUT2D eigenvalue weighted by Crippen LogP contribution is -2.12. The highest BCUT2D eigenvalue weighted by Gasteiger charge is 2.24. The number of benzene rings is 2. The van der Waals surface area contributed by atoms with Crippen molar-refractivity contribution in [2.75, 3.05) is 6.61 Å². The van der Waals surface area contributed by atoms with E-state index in [0.29, 0.717) is 22.4 Å². The van der Waals surface area contributed by atoms with Crippen LogP contribution in [0.5, 0.6) is 5.75 Å². The molecule has 0 amide bonds. The van der Waals surface area contributed by atoms with Crippen molar-refractivity contribution < 1.29 is 9.05 Å². The maximum absolute atomic E-state index is 6.16. The number of halogens is 2. The topological polar surface area (TPSA) is 18.5 Å². The smallest absolute Gasteiger partial charge is 0.269 e. The van der Waals surface area contributed by atoms with E-state index in [2.05, 4.69) is 0 Å². The summed E-state index contributed by atoms with van der Waals surface area (Å²) in [6.45, 7) is -0.110. The molecule has 0 bridgehead atoms. The predicted molar refractivity (Wildman–Crippen MR) is 93.7 cm³/mol. The molecule has 0 aliphatic carbocycles. The highest BCUT2D eigenvalue weighted by molar-refractivity contribution is 8.13. The van der Waals surface area contributed by atoms with Crippen LogP contribution in [-0.2, 0) is 16.3 Å². The van der Waals surface area contributed by atoms with Crippen LogP contribution < -0.4 is 9.83 Å². The molecule has 0 saturated carbocycles. The second-order valence-electron chi connectivity index (χ2n) is 4.33. The molecule has 0 N–H and O–H groups in total. The summed E-state index contributed by atoms with van der Waals surface area (Å²) in [6.07, 6.45) is 0.859. The molecule has 21 heavy (non-hydrogen) atoms. The summed E-state index contributed by atoms with van der Waals surface area (Å²) in [5.41, 5.74) is 0. The fourth-order valence-electron chi connectivity index (χ4n) is 1.65. The molecule has 6 heteroatoms. The van der Waals surface area contributed by atoms with Crippen molar-refractivity contribution >= 4 is 46.8 Å². The molecular weight excluding hydrogens is 346 g/mol. The first-order valence-electron chi connectivity index (χ1n) is 6.50. The predicted octanol–water partition coefficient (Wildman–Crippen LogP) is 5.43. The van der Waals surface area contributed by atoms with E-state index in [-0.39, 0.29) is 0 Å². The third kappa shape index (κ3) is 4.45. The third-order valence-corrected chi connectivity index (χ3v) is 6.26. The average molecular weight is 361 g/mol. The van der Waals surface area contributed by atoms with Crippen LogP contribution in [0.2, 0.25) is 10.0 Å². The second-order valence-corrected chi connectivity index (χ2v) is 8.57. The molecule has 2 aromatic carbocycles. The molecule has 2 nitrogen and oxygen atoms in total. The van der Waals surface area contributed by atoms with Crippen molar-refractivity contribution in [1.82, 2.24) is 0 Å². The van der Waals surface area contributed by atoms with Crippen LogP contribution in [0.3, 0.4) is 0 Å². The third-order valence-electron chi connectivity index (χ3n) is 2.65. The normalized spacial score (nSPS) is 13.7. The molecular formula is C15H15Cl2O2PS. The summed E-state index contributed by atoms with van der Waals surface area (Å²) in [4.78, 5) is 0. The van der Waals surface area contributed by atoms with Crippen molar-refractivity contribution in [3.8, 4) is 5.75 Å². The molecule has 0 saturated heterocycles. The quantitative estimate of drug-likeness (QED) is 0.639. The van der Waals surface area contributed by atoms with Crippen LogP contribution in [0, 0.1) is 0 Å². The van der Waals surface area contributed by atoms with Crippen molar-refractivity contribution in [3.63, 3.8) is 0 Å². The zero-order valence-electron chi connectivity index (χ0n) is 11.5. The highest BCUT2D eigenvalue weighted by Crippen LogP contribution is 2.49. The van der Waals surface area contributed by atoms with E-state index in [1.54, 1.807) is 18.2 Å². The van der Waals surface area contributed by atoms with Crippen molar-refractivity contribution in [2.45, 2.75) is 13.3 Å². The first-order chi connectivity index (χ1) is 10.0. The Morgan fingerprint density at radius 3 is 2.48 bits per heavy atom. The Morgan fingerprint density at radius 2 is 1.81 bits per heavy atom. The van der Waals surface area contributed by atoms with Crippen LogP contribution in [-0.4, -0.2) is 6.61 Å². The average Bonchev–Trinajstić information content (AvgIpc) is 2.50. The Balaban J connectivity index is 2.37. The Kier molecular flexibility index (Phi) is 6.09. The minimum Gasteiger partial charge on any atom is -0.439 e. The van der Waals surface area contributed by atoms with Gasteiger partial charge in [0.15, 0.2) is 0 Å². The van der Waals surface area contributed by atoms with Gasteiger partial charge in [0.05, 0.1) is 11.6 Å². The lowest BCUT2D eigenvalue weighted by molar-refractivity contribution is 0.318. The van der Waals surface area contributed by atoms with Gasteiger partial charge in [0, 0.05) is 16.4 Å². The van der Waals surface area contributed by atoms with Gasteiger partial charge in [-0.05, 0) is 42.5 Å². The van der Waals surface area contributed by atoms with Crippen LogP contribution in [0.15, 0.2) is 48.5 Å². The maximum atomic E-state index is 6.16. The summed E-state index contributed by atoms with van der Waals surface area (Å²) in [5.74, 6) is 0.451. The van der Waals surface area contributed by atoms with Gasteiger partial charge in [-0.1, -0.05) is 48.3 Å². The summed E-state index contributed by atoms with van der Waals surface area (Å²) < 4.78 is 11.9. The largest absolute Gasteiger partial charge is 0.439 e. The molecule has 0 aliphatic heterocycles. The first-order valence-corrected chi connectivity index (χ1v) is 9.89. The maximum Gasteiger partial charge on any atom is 0.269 e. The van der Waals surface area contributed by atoms with E-state index in [1.165, 1.54) is 0 Å². The summed E-state index contributed by atoms with van der Waals surface area (Å²) in [7, 11) is 0. The van der Waals surface area contributed by atoms with Crippen molar-refractivity contribution in [1.29, 1.82) is 0 Å². The zero-order valence-corrected chi connectivity index (χ0v) is 14.7. The molecule has 0 aromatic heterocycles. The fourth-order valence-corrected chi connectivity index (χ4v) is 4.53. The highest BCUT2D eigenvalue weighted by atomic mass is 35.5. The van der Waals surface area contributed by atoms with Gasteiger partial charge >= 0.3 is 0 Å². The van der Waals surface area contributed by atoms with E-state index >= 15 is 0 Å². The van der Waals surface area contributed by atoms with Crippen molar-refractivity contribution in [2.24, 2.45) is 0 Å². The Hall–Kier alpha value is -0.570. The van der Waals surface area contributed by atoms with Gasteiger partial charge in [-0.15, -0.1) is 0 Å². The van der Waals surface area contributed by atoms with E-state index in [1.807, 2.05) is 37.3 Å². The Bertz CT molecular complexity index is 649. The number of rotatable bonds is 6. The van der Waals surface area contributed by atoms with E-state index in [4.69, 9.17) is 44.1 Å². The molecule has 1 unspecified atom stereocenters. The van der Waals surface area contributed by atoms with E-state index in [9.17, 15) is 0 Å². The monoisotopic (exact) mass is 360 g/mol. The summed E-state index contributed by atoms with van der Waals surface area (Å²) >= 11 is 17.8. The molecule has 0 radical (unpaired) electrons. The van der Waals surface area contributed by atoms with Crippen molar-refractivity contribution in [3.05, 3.63) is 58.6 Å². The van der Waals surface area contributed by atoms with Gasteiger partial charge in [0.2, 0.25) is 0 Å². The molecule has 2 rings (SSSR count). The second kappa shape index (κ2) is 7.62. The Morgan fingerprint density at radius 1 is 1.10 bits per heavy atom.